The summed E-state index contributed by atoms with van der Waals surface area (Å²) in [7, 11) is 1.68. The first-order chi connectivity index (χ1) is 6.22. The molecule has 0 unspecified atom stereocenters. The van der Waals surface area contributed by atoms with Gasteiger partial charge in [0.1, 0.15) is 5.75 Å². The van der Waals surface area contributed by atoms with E-state index in [1.54, 1.807) is 7.11 Å². The van der Waals surface area contributed by atoms with Crippen LogP contribution in [0.25, 0.3) is 0 Å². The number of ether oxygens (including phenoxy) is 1. The van der Waals surface area contributed by atoms with Crippen molar-refractivity contribution in [2.45, 2.75) is 19.9 Å². The van der Waals surface area contributed by atoms with Gasteiger partial charge in [-0.15, -0.1) is 0 Å². The second-order valence-electron chi connectivity index (χ2n) is 2.81. The summed E-state index contributed by atoms with van der Waals surface area (Å²) in [5.74, 6) is 0.924. The Kier molecular flexibility index (Phi) is 3.75. The fourth-order valence-electron chi connectivity index (χ4n) is 1.39. The molecule has 0 aromatic heterocycles. The van der Waals surface area contributed by atoms with Gasteiger partial charge in [0.05, 0.1) is 7.11 Å². The molecule has 0 heterocycles. The quantitative estimate of drug-likeness (QED) is 0.886. The predicted molar refractivity (Wildman–Crippen MR) is 58.0 cm³/mol. The SMILES string of the molecule is CCc1cc(Br)cc(CN)c1OC. The van der Waals surface area contributed by atoms with E-state index in [0.717, 1.165) is 22.2 Å². The minimum atomic E-state index is 0.510. The topological polar surface area (TPSA) is 35.2 Å². The van der Waals surface area contributed by atoms with Crippen molar-refractivity contribution in [2.75, 3.05) is 7.11 Å². The van der Waals surface area contributed by atoms with E-state index in [1.807, 2.05) is 6.07 Å². The van der Waals surface area contributed by atoms with E-state index in [0.29, 0.717) is 6.54 Å². The van der Waals surface area contributed by atoms with Gasteiger partial charge in [0.15, 0.2) is 0 Å². The molecule has 0 amide bonds. The van der Waals surface area contributed by atoms with Gasteiger partial charge >= 0.3 is 0 Å². The summed E-state index contributed by atoms with van der Waals surface area (Å²) in [4.78, 5) is 0. The Hall–Kier alpha value is -0.540. The molecule has 13 heavy (non-hydrogen) atoms. The van der Waals surface area contributed by atoms with Crippen molar-refractivity contribution in [1.82, 2.24) is 0 Å². The molecule has 72 valence electrons. The van der Waals surface area contributed by atoms with E-state index in [-0.39, 0.29) is 0 Å². The molecule has 0 saturated heterocycles. The number of rotatable bonds is 3. The molecule has 0 spiro atoms. The molecule has 1 aromatic carbocycles. The molecule has 0 atom stereocenters. The van der Waals surface area contributed by atoms with E-state index >= 15 is 0 Å². The summed E-state index contributed by atoms with van der Waals surface area (Å²) < 4.78 is 6.37. The van der Waals surface area contributed by atoms with Crippen LogP contribution >= 0.6 is 15.9 Å². The molecule has 2 N–H and O–H groups in total. The van der Waals surface area contributed by atoms with Crippen LogP contribution in [-0.4, -0.2) is 7.11 Å². The monoisotopic (exact) mass is 243 g/mol. The zero-order valence-corrected chi connectivity index (χ0v) is 9.52. The van der Waals surface area contributed by atoms with Crippen molar-refractivity contribution in [2.24, 2.45) is 5.73 Å². The highest BCUT2D eigenvalue weighted by molar-refractivity contribution is 9.10. The molecular formula is C10H14BrNO. The van der Waals surface area contributed by atoms with Gasteiger partial charge < -0.3 is 10.5 Å². The Morgan fingerprint density at radius 2 is 2.00 bits per heavy atom. The van der Waals surface area contributed by atoms with Gasteiger partial charge in [0, 0.05) is 16.6 Å². The molecular weight excluding hydrogens is 230 g/mol. The largest absolute Gasteiger partial charge is 0.496 e. The van der Waals surface area contributed by atoms with Crippen LogP contribution < -0.4 is 10.5 Å². The smallest absolute Gasteiger partial charge is 0.126 e. The Balaban J connectivity index is 3.25. The molecule has 0 aliphatic rings. The maximum absolute atomic E-state index is 5.62. The van der Waals surface area contributed by atoms with Gasteiger partial charge in [-0.25, -0.2) is 0 Å². The minimum absolute atomic E-state index is 0.510. The Morgan fingerprint density at radius 3 is 2.46 bits per heavy atom. The van der Waals surface area contributed by atoms with Gasteiger partial charge in [0.25, 0.3) is 0 Å². The van der Waals surface area contributed by atoms with Crippen LogP contribution in [0.15, 0.2) is 16.6 Å². The third kappa shape index (κ3) is 2.23. The van der Waals surface area contributed by atoms with Crippen LogP contribution in [0.2, 0.25) is 0 Å². The van der Waals surface area contributed by atoms with Crippen LogP contribution in [-0.2, 0) is 13.0 Å². The third-order valence-electron chi connectivity index (χ3n) is 2.01. The van der Waals surface area contributed by atoms with Crippen LogP contribution in [0.1, 0.15) is 18.1 Å². The second kappa shape index (κ2) is 4.63. The lowest BCUT2D eigenvalue weighted by atomic mass is 10.1. The normalized spacial score (nSPS) is 10.2. The van der Waals surface area contributed by atoms with E-state index in [9.17, 15) is 0 Å². The average Bonchev–Trinajstić information content (AvgIpc) is 2.16. The number of benzene rings is 1. The summed E-state index contributed by atoms with van der Waals surface area (Å²) >= 11 is 3.45. The number of nitrogens with two attached hydrogens (primary N) is 1. The minimum Gasteiger partial charge on any atom is -0.496 e. The van der Waals surface area contributed by atoms with Crippen LogP contribution in [0.5, 0.6) is 5.75 Å². The van der Waals surface area contributed by atoms with Crippen molar-refractivity contribution in [3.63, 3.8) is 0 Å². The predicted octanol–water partition coefficient (Wildman–Crippen LogP) is 2.48. The summed E-state index contributed by atoms with van der Waals surface area (Å²) in [6, 6.07) is 4.07. The second-order valence-corrected chi connectivity index (χ2v) is 3.73. The zero-order valence-electron chi connectivity index (χ0n) is 7.93. The standard InChI is InChI=1S/C10H14BrNO/c1-3-7-4-9(11)5-8(6-12)10(7)13-2/h4-5H,3,6,12H2,1-2H3. The highest BCUT2D eigenvalue weighted by atomic mass is 79.9. The van der Waals surface area contributed by atoms with Crippen LogP contribution in [0, 0.1) is 0 Å². The van der Waals surface area contributed by atoms with E-state index in [2.05, 4.69) is 28.9 Å². The van der Waals surface area contributed by atoms with E-state index in [4.69, 9.17) is 10.5 Å². The fourth-order valence-corrected chi connectivity index (χ4v) is 1.94. The maximum Gasteiger partial charge on any atom is 0.126 e. The highest BCUT2D eigenvalue weighted by Gasteiger charge is 2.07. The highest BCUT2D eigenvalue weighted by Crippen LogP contribution is 2.28. The van der Waals surface area contributed by atoms with Crippen LogP contribution in [0.4, 0.5) is 0 Å². The molecule has 1 rings (SSSR count). The molecule has 0 radical (unpaired) electrons. The maximum atomic E-state index is 5.62. The summed E-state index contributed by atoms with van der Waals surface area (Å²) in [6.45, 7) is 2.61. The molecule has 0 fully saturated rings. The number of aryl methyl sites for hydroxylation is 1. The lowest BCUT2D eigenvalue weighted by Gasteiger charge is -2.11. The lowest BCUT2D eigenvalue weighted by molar-refractivity contribution is 0.405. The number of hydrogen-bond acceptors (Lipinski definition) is 2. The summed E-state index contributed by atoms with van der Waals surface area (Å²) in [5.41, 5.74) is 7.86. The molecule has 0 aliphatic heterocycles. The van der Waals surface area contributed by atoms with Gasteiger partial charge in [-0.2, -0.15) is 0 Å². The Bertz CT molecular complexity index is 274. The first kappa shape index (κ1) is 10.5. The average molecular weight is 244 g/mol. The number of methoxy groups -OCH3 is 1. The van der Waals surface area contributed by atoms with Gasteiger partial charge in [-0.05, 0) is 24.1 Å². The Morgan fingerprint density at radius 1 is 1.38 bits per heavy atom. The first-order valence-electron chi connectivity index (χ1n) is 4.28. The van der Waals surface area contributed by atoms with Crippen molar-refractivity contribution in [3.8, 4) is 5.75 Å². The van der Waals surface area contributed by atoms with Gasteiger partial charge in [-0.1, -0.05) is 22.9 Å². The molecule has 2 nitrogen and oxygen atoms in total. The van der Waals surface area contributed by atoms with Crippen molar-refractivity contribution in [3.05, 3.63) is 27.7 Å². The number of hydrogen-bond donors (Lipinski definition) is 1. The van der Waals surface area contributed by atoms with Crippen LogP contribution in [0.3, 0.4) is 0 Å². The summed E-state index contributed by atoms with van der Waals surface area (Å²) in [5, 5.41) is 0. The van der Waals surface area contributed by atoms with E-state index in [1.165, 1.54) is 5.56 Å². The molecule has 0 aliphatic carbocycles. The molecule has 0 saturated carbocycles. The van der Waals surface area contributed by atoms with Gasteiger partial charge in [0.2, 0.25) is 0 Å². The Labute approximate surface area is 87.2 Å². The third-order valence-corrected chi connectivity index (χ3v) is 2.47. The van der Waals surface area contributed by atoms with E-state index < -0.39 is 0 Å². The van der Waals surface area contributed by atoms with Gasteiger partial charge in [-0.3, -0.25) is 0 Å². The molecule has 3 heteroatoms. The zero-order chi connectivity index (χ0) is 9.84. The van der Waals surface area contributed by atoms with Crippen molar-refractivity contribution >= 4 is 15.9 Å². The molecule has 0 bridgehead atoms. The fraction of sp³-hybridized carbons (Fsp3) is 0.400. The van der Waals surface area contributed by atoms with Crippen molar-refractivity contribution in [1.29, 1.82) is 0 Å². The lowest BCUT2D eigenvalue weighted by Crippen LogP contribution is -2.02. The summed E-state index contributed by atoms with van der Waals surface area (Å²) in [6.07, 6.45) is 0.954. The molecule has 1 aromatic rings. The number of halogens is 1. The van der Waals surface area contributed by atoms with Crippen molar-refractivity contribution < 1.29 is 4.74 Å². The first-order valence-corrected chi connectivity index (χ1v) is 5.07.